The van der Waals surface area contributed by atoms with Gasteiger partial charge in [-0.1, -0.05) is 30.3 Å². The van der Waals surface area contributed by atoms with Gasteiger partial charge in [0.25, 0.3) is 0 Å². The van der Waals surface area contributed by atoms with Gasteiger partial charge in [-0.3, -0.25) is 15.1 Å². The fourth-order valence-electron chi connectivity index (χ4n) is 5.27. The summed E-state index contributed by atoms with van der Waals surface area (Å²) in [5.41, 5.74) is 8.48. The summed E-state index contributed by atoms with van der Waals surface area (Å²) in [6.45, 7) is 1.36. The van der Waals surface area contributed by atoms with Crippen LogP contribution in [-0.2, 0) is 29.7 Å². The Balaban J connectivity index is 1.19. The molecule has 0 amide bonds. The topological polar surface area (TPSA) is 154 Å². The number of hydrogen-bond acceptors (Lipinski definition) is 8. The number of sulfonamides is 1. The van der Waals surface area contributed by atoms with E-state index in [0.29, 0.717) is 51.3 Å². The number of benzene rings is 2. The van der Waals surface area contributed by atoms with Crippen molar-refractivity contribution in [3.8, 4) is 33.9 Å². The highest BCUT2D eigenvalue weighted by Gasteiger charge is 2.18. The van der Waals surface area contributed by atoms with Crippen LogP contribution in [0.3, 0.4) is 0 Å². The Morgan fingerprint density at radius 1 is 0.761 bits per heavy atom. The summed E-state index contributed by atoms with van der Waals surface area (Å²) in [5, 5.41) is 11.0. The third-order valence-corrected chi connectivity index (χ3v) is 8.09. The van der Waals surface area contributed by atoms with Gasteiger partial charge in [-0.15, -0.1) is 0 Å². The van der Waals surface area contributed by atoms with Crippen molar-refractivity contribution in [1.82, 2.24) is 45.2 Å². The van der Waals surface area contributed by atoms with Gasteiger partial charge in [-0.2, -0.15) is 5.10 Å². The average Bonchev–Trinajstić information content (AvgIpc) is 3.68. The van der Waals surface area contributed by atoms with Gasteiger partial charge in [0, 0.05) is 49.4 Å². The van der Waals surface area contributed by atoms with E-state index in [1.165, 1.54) is 17.7 Å². The van der Waals surface area contributed by atoms with Gasteiger partial charge in [0.15, 0.2) is 11.5 Å². The normalized spacial score (nSPS) is 11.9. The molecular weight excluding hydrogens is 605 g/mol. The smallest absolute Gasteiger partial charge is 0.209 e. The summed E-state index contributed by atoms with van der Waals surface area (Å²) in [7, 11) is -3.45. The van der Waals surface area contributed by atoms with Gasteiger partial charge in [-0.25, -0.2) is 27.5 Å². The molecule has 0 atom stereocenters. The van der Waals surface area contributed by atoms with Gasteiger partial charge in [0.2, 0.25) is 10.0 Å². The fraction of sp³-hybridized carbons (Fsp3) is 0.121. The molecule has 0 radical (unpaired) electrons. The van der Waals surface area contributed by atoms with Gasteiger partial charge in [0.05, 0.1) is 34.7 Å². The molecule has 0 unspecified atom stereocenters. The second-order valence-corrected chi connectivity index (χ2v) is 12.8. The van der Waals surface area contributed by atoms with Gasteiger partial charge in [0.1, 0.15) is 11.3 Å². The maximum Gasteiger partial charge on any atom is 0.209 e. The minimum atomic E-state index is -3.45. The van der Waals surface area contributed by atoms with E-state index < -0.39 is 15.8 Å². The summed E-state index contributed by atoms with van der Waals surface area (Å²) in [6.07, 6.45) is 7.92. The summed E-state index contributed by atoms with van der Waals surface area (Å²) >= 11 is 0. The van der Waals surface area contributed by atoms with Gasteiger partial charge < -0.3 is 10.3 Å². The van der Waals surface area contributed by atoms with Crippen LogP contribution in [0.5, 0.6) is 0 Å². The van der Waals surface area contributed by atoms with Crippen LogP contribution < -0.4 is 10.0 Å². The monoisotopic (exact) mass is 633 g/mol. The second-order valence-electron chi connectivity index (χ2n) is 10.9. The number of imidazole rings is 1. The zero-order valence-corrected chi connectivity index (χ0v) is 25.4. The van der Waals surface area contributed by atoms with E-state index in [-0.39, 0.29) is 6.54 Å². The second kappa shape index (κ2) is 12.2. The highest BCUT2D eigenvalue weighted by Crippen LogP contribution is 2.32. The lowest BCUT2D eigenvalue weighted by Crippen LogP contribution is -2.21. The largest absolute Gasteiger partial charge is 0.335 e. The number of aromatic amines is 2. The Bertz CT molecular complexity index is 2300. The minimum absolute atomic E-state index is 0.0469. The maximum absolute atomic E-state index is 14.6. The number of pyridine rings is 3. The first-order valence-corrected chi connectivity index (χ1v) is 16.3. The zero-order chi connectivity index (χ0) is 31.7. The molecule has 0 saturated heterocycles. The molecule has 230 valence electrons. The van der Waals surface area contributed by atoms with E-state index in [4.69, 9.17) is 9.97 Å². The predicted octanol–water partition coefficient (Wildman–Crippen LogP) is 5.10. The lowest BCUT2D eigenvalue weighted by molar-refractivity contribution is 0.586. The summed E-state index contributed by atoms with van der Waals surface area (Å²) < 4.78 is 40.2. The van der Waals surface area contributed by atoms with Crippen molar-refractivity contribution in [3.05, 3.63) is 114 Å². The number of halogens is 1. The van der Waals surface area contributed by atoms with Crippen LogP contribution in [0.2, 0.25) is 0 Å². The van der Waals surface area contributed by atoms with Crippen molar-refractivity contribution < 1.29 is 12.8 Å². The Hall–Kier alpha value is -5.37. The molecule has 13 heteroatoms. The molecule has 0 spiro atoms. The van der Waals surface area contributed by atoms with E-state index in [2.05, 4.69) is 53.4 Å². The third-order valence-electron chi connectivity index (χ3n) is 7.42. The van der Waals surface area contributed by atoms with Crippen LogP contribution in [0.4, 0.5) is 4.39 Å². The number of H-pyrrole nitrogens is 2. The zero-order valence-electron chi connectivity index (χ0n) is 24.6. The van der Waals surface area contributed by atoms with Crippen molar-refractivity contribution in [2.24, 2.45) is 0 Å². The first-order chi connectivity index (χ1) is 22.3. The van der Waals surface area contributed by atoms with Crippen molar-refractivity contribution in [3.63, 3.8) is 0 Å². The number of hydrogen-bond donors (Lipinski definition) is 4. The van der Waals surface area contributed by atoms with E-state index >= 15 is 0 Å². The van der Waals surface area contributed by atoms with Crippen LogP contribution in [0, 0.1) is 5.82 Å². The van der Waals surface area contributed by atoms with Crippen LogP contribution in [0.25, 0.3) is 56.0 Å². The lowest BCUT2D eigenvalue weighted by atomic mass is 10.0. The third kappa shape index (κ3) is 6.38. The molecule has 46 heavy (non-hydrogen) atoms. The summed E-state index contributed by atoms with van der Waals surface area (Å²) in [6, 6.07) is 20.5. The molecule has 0 saturated carbocycles. The minimum Gasteiger partial charge on any atom is -0.335 e. The van der Waals surface area contributed by atoms with E-state index in [1.54, 1.807) is 24.7 Å². The number of aromatic nitrogens is 7. The molecule has 0 fully saturated rings. The quantitative estimate of drug-likeness (QED) is 0.162. The number of nitrogens with one attached hydrogen (secondary N) is 4. The molecule has 2 aromatic carbocycles. The summed E-state index contributed by atoms with van der Waals surface area (Å²) in [5.74, 6) is -0.0383. The van der Waals surface area contributed by atoms with Crippen molar-refractivity contribution in [1.29, 1.82) is 0 Å². The number of fused-ring (bicyclic) bond motifs is 2. The van der Waals surface area contributed by atoms with E-state index in [9.17, 15) is 12.8 Å². The van der Waals surface area contributed by atoms with Crippen LogP contribution in [0.1, 0.15) is 16.7 Å². The molecule has 0 aliphatic heterocycles. The Morgan fingerprint density at radius 2 is 1.57 bits per heavy atom. The summed E-state index contributed by atoms with van der Waals surface area (Å²) in [4.78, 5) is 21.8. The van der Waals surface area contributed by atoms with Crippen LogP contribution in [-0.4, -0.2) is 49.8 Å². The highest BCUT2D eigenvalue weighted by molar-refractivity contribution is 7.88. The fourth-order valence-corrected chi connectivity index (χ4v) is 5.70. The SMILES string of the molecule is CS(=O)(=O)NCc1cc(F)cc(-c2cncc3[nH]c(-c4n[nH]c5ccc(-c6cncc(CNCc7ccccc7)c6)nc45)nc23)c1. The maximum atomic E-state index is 14.6. The van der Waals surface area contributed by atoms with Crippen LogP contribution in [0.15, 0.2) is 91.5 Å². The molecule has 5 aromatic heterocycles. The van der Waals surface area contributed by atoms with Gasteiger partial charge in [-0.05, 0) is 58.7 Å². The lowest BCUT2D eigenvalue weighted by Gasteiger charge is -2.07. The molecule has 0 aliphatic carbocycles. The number of nitrogens with zero attached hydrogens (tertiary/aromatic N) is 5. The Kier molecular flexibility index (Phi) is 7.78. The Labute approximate surface area is 263 Å². The van der Waals surface area contributed by atoms with E-state index in [0.717, 1.165) is 35.1 Å². The molecule has 5 heterocycles. The highest BCUT2D eigenvalue weighted by atomic mass is 32.2. The average molecular weight is 634 g/mol. The Morgan fingerprint density at radius 3 is 2.41 bits per heavy atom. The first kappa shape index (κ1) is 29.3. The molecule has 4 N–H and O–H groups in total. The van der Waals surface area contributed by atoms with Crippen LogP contribution >= 0.6 is 0 Å². The van der Waals surface area contributed by atoms with E-state index in [1.807, 2.05) is 36.5 Å². The van der Waals surface area contributed by atoms with Crippen molar-refractivity contribution in [2.45, 2.75) is 19.6 Å². The van der Waals surface area contributed by atoms with Crippen molar-refractivity contribution in [2.75, 3.05) is 6.26 Å². The molecule has 7 rings (SSSR count). The molecule has 7 aromatic rings. The molecule has 0 bridgehead atoms. The molecule has 0 aliphatic rings. The van der Waals surface area contributed by atoms with Gasteiger partial charge >= 0.3 is 0 Å². The molecular formula is C33H28FN9O2S. The predicted molar refractivity (Wildman–Crippen MR) is 174 cm³/mol. The first-order valence-electron chi connectivity index (χ1n) is 14.4. The number of rotatable bonds is 10. The standard InChI is InChI=1S/C33H28FN9O2S/c1-46(44,45)38-16-21-9-23(12-25(34)11-21)26-18-37-19-29-30(26)41-33(40-29)32-31-28(42-43-32)8-7-27(39-31)24-10-22(15-36-17-24)14-35-13-20-5-3-2-4-6-20/h2-12,15,17-19,35,38H,13-14,16H2,1H3,(H,40,41)(H,42,43). The van der Waals surface area contributed by atoms with Crippen molar-refractivity contribution >= 4 is 32.1 Å². The molecule has 11 nitrogen and oxygen atoms in total.